The molecule has 3 heterocycles. The summed E-state index contributed by atoms with van der Waals surface area (Å²) < 4.78 is 54.8. The van der Waals surface area contributed by atoms with Crippen LogP contribution in [-0.4, -0.2) is 52.6 Å². The minimum absolute atomic E-state index is 0.0528. The van der Waals surface area contributed by atoms with E-state index in [2.05, 4.69) is 22.3 Å². The number of benzene rings is 1. The van der Waals surface area contributed by atoms with Gasteiger partial charge in [-0.25, -0.2) is 9.37 Å². The standard InChI is InChI=1S/C30H39F4N3O2S/c1-19(2)22-17-24(27(25(31)18-22)40-30(32,33)34)26(29(38)39)20-11-15-37(16-12-20)14-5-3-4-8-23-10-9-21-7-6-13-35-28(21)36-23/h9-10,17-20,26H,3-8,11-16H2,1-2H3,(H,35,36)(H,38,39)/t26-/m0/s1. The number of halogens is 4. The summed E-state index contributed by atoms with van der Waals surface area (Å²) in [5.41, 5.74) is -1.87. The third kappa shape index (κ3) is 8.12. The third-order valence-electron chi connectivity index (χ3n) is 8.04. The van der Waals surface area contributed by atoms with Crippen LogP contribution in [0.2, 0.25) is 0 Å². The summed E-state index contributed by atoms with van der Waals surface area (Å²) in [5.74, 6) is -2.86. The Balaban J connectivity index is 1.31. The first-order chi connectivity index (χ1) is 19.0. The molecule has 220 valence electrons. The van der Waals surface area contributed by atoms with Crippen LogP contribution in [0.1, 0.15) is 86.6 Å². The highest BCUT2D eigenvalue weighted by Crippen LogP contribution is 2.46. The Kier molecular flexibility index (Phi) is 10.4. The monoisotopic (exact) mass is 581 g/mol. The van der Waals surface area contributed by atoms with Crippen molar-refractivity contribution in [2.75, 3.05) is 31.5 Å². The Morgan fingerprint density at radius 2 is 1.93 bits per heavy atom. The molecule has 2 aliphatic heterocycles. The fourth-order valence-corrected chi connectivity index (χ4v) is 6.54. The van der Waals surface area contributed by atoms with Gasteiger partial charge in [0.1, 0.15) is 11.6 Å². The molecular weight excluding hydrogens is 542 g/mol. The average Bonchev–Trinajstić information content (AvgIpc) is 2.90. The second-order valence-corrected chi connectivity index (χ2v) is 12.3. The number of fused-ring (bicyclic) bond motifs is 1. The molecule has 1 saturated heterocycles. The number of piperidine rings is 1. The zero-order chi connectivity index (χ0) is 28.9. The van der Waals surface area contributed by atoms with Crippen molar-refractivity contribution in [3.8, 4) is 0 Å². The summed E-state index contributed by atoms with van der Waals surface area (Å²) in [6.07, 6.45) is 7.37. The number of rotatable bonds is 11. The molecule has 2 N–H and O–H groups in total. The van der Waals surface area contributed by atoms with Gasteiger partial charge >= 0.3 is 11.5 Å². The molecule has 1 fully saturated rings. The van der Waals surface area contributed by atoms with Gasteiger partial charge in [0, 0.05) is 12.2 Å². The number of thioether (sulfide) groups is 1. The Bertz CT molecular complexity index is 1170. The highest BCUT2D eigenvalue weighted by Gasteiger charge is 2.39. The van der Waals surface area contributed by atoms with E-state index in [0.29, 0.717) is 31.5 Å². The second-order valence-electron chi connectivity index (χ2n) is 11.3. The molecule has 4 rings (SSSR count). The Labute approximate surface area is 238 Å². The average molecular weight is 582 g/mol. The number of carbonyl (C=O) groups is 1. The number of hydrogen-bond donors (Lipinski definition) is 2. The number of aryl methyl sites for hydroxylation is 2. The molecule has 0 saturated carbocycles. The molecule has 0 aliphatic carbocycles. The van der Waals surface area contributed by atoms with Crippen LogP contribution in [-0.2, 0) is 17.6 Å². The van der Waals surface area contributed by atoms with E-state index in [0.717, 1.165) is 69.2 Å². The van der Waals surface area contributed by atoms with Crippen LogP contribution in [0.25, 0.3) is 0 Å². The number of pyridine rings is 1. The molecule has 5 nitrogen and oxygen atoms in total. The van der Waals surface area contributed by atoms with E-state index in [9.17, 15) is 27.5 Å². The number of anilines is 1. The fourth-order valence-electron chi connectivity index (χ4n) is 5.85. The number of alkyl halides is 3. The largest absolute Gasteiger partial charge is 0.481 e. The van der Waals surface area contributed by atoms with Gasteiger partial charge in [-0.2, -0.15) is 13.2 Å². The van der Waals surface area contributed by atoms with Crippen molar-refractivity contribution in [3.63, 3.8) is 0 Å². The predicted octanol–water partition coefficient (Wildman–Crippen LogP) is 7.61. The van der Waals surface area contributed by atoms with E-state index in [-0.39, 0.29) is 17.4 Å². The highest BCUT2D eigenvalue weighted by atomic mass is 32.2. The molecule has 0 unspecified atom stereocenters. The van der Waals surface area contributed by atoms with E-state index >= 15 is 0 Å². The predicted molar refractivity (Wildman–Crippen MR) is 151 cm³/mol. The summed E-state index contributed by atoms with van der Waals surface area (Å²) in [5, 5.41) is 13.5. The summed E-state index contributed by atoms with van der Waals surface area (Å²) in [6.45, 7) is 6.85. The van der Waals surface area contributed by atoms with Crippen molar-refractivity contribution >= 4 is 23.5 Å². The van der Waals surface area contributed by atoms with Crippen molar-refractivity contribution in [2.45, 2.75) is 87.5 Å². The number of likely N-dealkylation sites (tertiary alicyclic amines) is 1. The smallest absolute Gasteiger partial charge is 0.446 e. The Morgan fingerprint density at radius 1 is 1.18 bits per heavy atom. The van der Waals surface area contributed by atoms with Gasteiger partial charge in [-0.05, 0) is 117 Å². The lowest BCUT2D eigenvalue weighted by Crippen LogP contribution is -2.38. The molecule has 2 aromatic rings. The van der Waals surface area contributed by atoms with Crippen LogP contribution >= 0.6 is 11.8 Å². The molecule has 0 bridgehead atoms. The van der Waals surface area contributed by atoms with Crippen LogP contribution in [0.5, 0.6) is 0 Å². The van der Waals surface area contributed by atoms with Crippen molar-refractivity contribution in [1.82, 2.24) is 9.88 Å². The number of aliphatic carboxylic acids is 1. The van der Waals surface area contributed by atoms with Crippen molar-refractivity contribution in [3.05, 3.63) is 52.5 Å². The SMILES string of the molecule is CC(C)c1cc(F)c(SC(F)(F)F)c([C@@H](C(=O)O)C2CCN(CCCCCc3ccc4c(n3)NCCC4)CC2)c1. The number of nitrogens with zero attached hydrogens (tertiary/aromatic N) is 2. The number of hydrogen-bond acceptors (Lipinski definition) is 5. The highest BCUT2D eigenvalue weighted by molar-refractivity contribution is 8.00. The Hall–Kier alpha value is -2.33. The minimum Gasteiger partial charge on any atom is -0.481 e. The summed E-state index contributed by atoms with van der Waals surface area (Å²) >= 11 is -0.551. The third-order valence-corrected chi connectivity index (χ3v) is 8.91. The first kappa shape index (κ1) is 30.6. The maximum Gasteiger partial charge on any atom is 0.446 e. The van der Waals surface area contributed by atoms with Gasteiger partial charge < -0.3 is 15.3 Å². The lowest BCUT2D eigenvalue weighted by molar-refractivity contribution is -0.140. The van der Waals surface area contributed by atoms with Crippen LogP contribution in [0.3, 0.4) is 0 Å². The Morgan fingerprint density at radius 3 is 2.60 bits per heavy atom. The van der Waals surface area contributed by atoms with Gasteiger partial charge in [0.2, 0.25) is 0 Å². The normalized spacial score (nSPS) is 17.5. The topological polar surface area (TPSA) is 65.5 Å². The summed E-state index contributed by atoms with van der Waals surface area (Å²) in [7, 11) is 0. The zero-order valence-corrected chi connectivity index (χ0v) is 24.0. The van der Waals surface area contributed by atoms with E-state index in [1.807, 2.05) is 13.8 Å². The van der Waals surface area contributed by atoms with Gasteiger partial charge in [-0.15, -0.1) is 0 Å². The molecule has 1 aromatic heterocycles. The van der Waals surface area contributed by atoms with Gasteiger partial charge in [-0.1, -0.05) is 32.4 Å². The lowest BCUT2D eigenvalue weighted by Gasteiger charge is -2.35. The molecule has 0 spiro atoms. The quantitative estimate of drug-likeness (QED) is 0.162. The van der Waals surface area contributed by atoms with Crippen molar-refractivity contribution in [2.24, 2.45) is 5.92 Å². The van der Waals surface area contributed by atoms with E-state index in [1.54, 1.807) is 0 Å². The number of carboxylic acids is 1. The second kappa shape index (κ2) is 13.6. The molecule has 40 heavy (non-hydrogen) atoms. The van der Waals surface area contributed by atoms with Crippen LogP contribution in [0.15, 0.2) is 29.2 Å². The van der Waals surface area contributed by atoms with E-state index < -0.39 is 39.9 Å². The van der Waals surface area contributed by atoms with Gasteiger partial charge in [0.05, 0.1) is 10.8 Å². The maximum atomic E-state index is 14.9. The van der Waals surface area contributed by atoms with Crippen LogP contribution in [0.4, 0.5) is 23.4 Å². The van der Waals surface area contributed by atoms with Gasteiger partial charge in [0.25, 0.3) is 0 Å². The number of aromatic nitrogens is 1. The summed E-state index contributed by atoms with van der Waals surface area (Å²) in [4.78, 5) is 18.8. The van der Waals surface area contributed by atoms with E-state index in [4.69, 9.17) is 4.98 Å². The molecule has 0 amide bonds. The minimum atomic E-state index is -4.71. The lowest BCUT2D eigenvalue weighted by atomic mass is 9.79. The number of unbranched alkanes of at least 4 members (excludes halogenated alkanes) is 2. The van der Waals surface area contributed by atoms with Crippen LogP contribution < -0.4 is 5.32 Å². The number of nitrogens with one attached hydrogen (secondary N) is 1. The molecule has 1 aromatic carbocycles. The van der Waals surface area contributed by atoms with E-state index in [1.165, 1.54) is 11.6 Å². The summed E-state index contributed by atoms with van der Waals surface area (Å²) in [6, 6.07) is 6.87. The van der Waals surface area contributed by atoms with Gasteiger partial charge in [0.15, 0.2) is 0 Å². The number of carboxylic acid groups (broad SMARTS) is 1. The molecule has 2 aliphatic rings. The van der Waals surface area contributed by atoms with Crippen molar-refractivity contribution < 1.29 is 27.5 Å². The molecular formula is C30H39F4N3O2S. The first-order valence-electron chi connectivity index (χ1n) is 14.3. The first-order valence-corrected chi connectivity index (χ1v) is 15.1. The fraction of sp³-hybridized carbons (Fsp3) is 0.600. The van der Waals surface area contributed by atoms with Gasteiger partial charge in [-0.3, -0.25) is 4.79 Å². The molecule has 10 heteroatoms. The van der Waals surface area contributed by atoms with Crippen LogP contribution in [0, 0.1) is 11.7 Å². The molecule has 1 atom stereocenters. The maximum absolute atomic E-state index is 14.9. The van der Waals surface area contributed by atoms with Crippen molar-refractivity contribution in [1.29, 1.82) is 0 Å². The molecule has 0 radical (unpaired) electrons. The zero-order valence-electron chi connectivity index (χ0n) is 23.2.